The zero-order valence-electron chi connectivity index (χ0n) is 20.3. The van der Waals surface area contributed by atoms with E-state index < -0.39 is 0 Å². The average molecular weight is 568 g/mol. The van der Waals surface area contributed by atoms with Crippen molar-refractivity contribution in [3.8, 4) is 22.6 Å². The summed E-state index contributed by atoms with van der Waals surface area (Å²) in [6.07, 6.45) is 9.78. The largest absolute Gasteiger partial charge is 0.492 e. The normalized spacial score (nSPS) is 13.1. The monoisotopic (exact) mass is 566 g/mol. The van der Waals surface area contributed by atoms with Crippen molar-refractivity contribution in [2.75, 3.05) is 13.2 Å². The van der Waals surface area contributed by atoms with E-state index in [1.807, 2.05) is 0 Å². The summed E-state index contributed by atoms with van der Waals surface area (Å²) < 4.78 is 14.5. The molecule has 0 aromatic heterocycles. The second kappa shape index (κ2) is 15.0. The van der Waals surface area contributed by atoms with Gasteiger partial charge in [-0.05, 0) is 91.9 Å². The standard InChI is InChI=1S/C28H40Br2O2/c1-5-9-11-21(7-3)19-31-27-17-23(13-15-25(27)29)24-14-16-26(30)28(18-24)32-20-22(8-4)12-10-6-2/h13-18,21-22H,5-12,19-20H2,1-4H3. The Hall–Kier alpha value is -1.00. The molecule has 0 aliphatic rings. The molecule has 0 spiro atoms. The van der Waals surface area contributed by atoms with Gasteiger partial charge in [-0.15, -0.1) is 0 Å². The van der Waals surface area contributed by atoms with E-state index in [-0.39, 0.29) is 0 Å². The van der Waals surface area contributed by atoms with E-state index in [0.717, 1.165) is 57.6 Å². The number of unbranched alkanes of at least 4 members (excludes halogenated alkanes) is 2. The Morgan fingerprint density at radius 3 is 1.41 bits per heavy atom. The topological polar surface area (TPSA) is 18.5 Å². The van der Waals surface area contributed by atoms with Gasteiger partial charge in [0.2, 0.25) is 0 Å². The summed E-state index contributed by atoms with van der Waals surface area (Å²) in [7, 11) is 0. The second-order valence-electron chi connectivity index (χ2n) is 8.75. The van der Waals surface area contributed by atoms with Crippen molar-refractivity contribution in [1.82, 2.24) is 0 Å². The molecule has 2 aromatic carbocycles. The minimum Gasteiger partial charge on any atom is -0.492 e. The first-order chi connectivity index (χ1) is 15.5. The number of ether oxygens (including phenoxy) is 2. The quantitative estimate of drug-likeness (QED) is 0.213. The molecule has 0 amide bonds. The third-order valence-corrected chi connectivity index (χ3v) is 7.54. The fourth-order valence-electron chi connectivity index (χ4n) is 3.80. The lowest BCUT2D eigenvalue weighted by Gasteiger charge is -2.18. The first-order valence-electron chi connectivity index (χ1n) is 12.4. The van der Waals surface area contributed by atoms with E-state index in [2.05, 4.69) is 96.0 Å². The van der Waals surface area contributed by atoms with Crippen molar-refractivity contribution < 1.29 is 9.47 Å². The molecule has 0 radical (unpaired) electrons. The fourth-order valence-corrected chi connectivity index (χ4v) is 4.52. The predicted octanol–water partition coefficient (Wildman–Crippen LogP) is 10.1. The predicted molar refractivity (Wildman–Crippen MR) is 145 cm³/mol. The van der Waals surface area contributed by atoms with Crippen LogP contribution in [0, 0.1) is 11.8 Å². The maximum atomic E-state index is 6.25. The van der Waals surface area contributed by atoms with Gasteiger partial charge in [-0.25, -0.2) is 0 Å². The van der Waals surface area contributed by atoms with Crippen molar-refractivity contribution in [1.29, 1.82) is 0 Å². The molecule has 0 aliphatic heterocycles. The number of halogens is 2. The Labute approximate surface area is 212 Å². The molecule has 0 saturated heterocycles. The van der Waals surface area contributed by atoms with Gasteiger partial charge < -0.3 is 9.47 Å². The van der Waals surface area contributed by atoms with Crippen molar-refractivity contribution in [2.45, 2.75) is 79.1 Å². The highest BCUT2D eigenvalue weighted by atomic mass is 79.9. The van der Waals surface area contributed by atoms with E-state index in [1.54, 1.807) is 0 Å². The van der Waals surface area contributed by atoms with E-state index in [1.165, 1.54) is 38.5 Å². The highest BCUT2D eigenvalue weighted by Gasteiger charge is 2.13. The van der Waals surface area contributed by atoms with Gasteiger partial charge in [0.05, 0.1) is 22.2 Å². The van der Waals surface area contributed by atoms with Gasteiger partial charge in [-0.2, -0.15) is 0 Å². The second-order valence-corrected chi connectivity index (χ2v) is 10.5. The molecule has 0 fully saturated rings. The van der Waals surface area contributed by atoms with Gasteiger partial charge in [0.25, 0.3) is 0 Å². The van der Waals surface area contributed by atoms with Crippen LogP contribution >= 0.6 is 31.9 Å². The van der Waals surface area contributed by atoms with Gasteiger partial charge in [-0.1, -0.05) is 78.4 Å². The highest BCUT2D eigenvalue weighted by molar-refractivity contribution is 9.10. The van der Waals surface area contributed by atoms with Crippen LogP contribution in [-0.4, -0.2) is 13.2 Å². The van der Waals surface area contributed by atoms with E-state index in [0.29, 0.717) is 11.8 Å². The lowest BCUT2D eigenvalue weighted by atomic mass is 10.0. The summed E-state index contributed by atoms with van der Waals surface area (Å²) in [4.78, 5) is 0. The van der Waals surface area contributed by atoms with Gasteiger partial charge in [0.1, 0.15) is 11.5 Å². The molecule has 0 heterocycles. The molecule has 0 N–H and O–H groups in total. The van der Waals surface area contributed by atoms with E-state index in [4.69, 9.17) is 9.47 Å². The summed E-state index contributed by atoms with van der Waals surface area (Å²) in [6.45, 7) is 10.5. The molecule has 2 rings (SSSR count). The molecule has 32 heavy (non-hydrogen) atoms. The fraction of sp³-hybridized carbons (Fsp3) is 0.571. The SMILES string of the molecule is CCCCC(CC)COc1cc(-c2ccc(Br)c(OCC(CC)CCCC)c2)ccc1Br. The Balaban J connectivity index is 2.12. The summed E-state index contributed by atoms with van der Waals surface area (Å²) >= 11 is 7.33. The first kappa shape index (κ1) is 27.2. The van der Waals surface area contributed by atoms with E-state index in [9.17, 15) is 0 Å². The van der Waals surface area contributed by atoms with Gasteiger partial charge in [0.15, 0.2) is 0 Å². The van der Waals surface area contributed by atoms with Crippen LogP contribution < -0.4 is 9.47 Å². The maximum Gasteiger partial charge on any atom is 0.134 e. The van der Waals surface area contributed by atoms with Gasteiger partial charge in [0, 0.05) is 0 Å². The minimum absolute atomic E-state index is 0.609. The third-order valence-electron chi connectivity index (χ3n) is 6.23. The van der Waals surface area contributed by atoms with Crippen LogP contribution in [0.2, 0.25) is 0 Å². The smallest absolute Gasteiger partial charge is 0.134 e. The summed E-state index contributed by atoms with van der Waals surface area (Å²) in [5, 5.41) is 0. The molecule has 0 saturated carbocycles. The summed E-state index contributed by atoms with van der Waals surface area (Å²) in [6, 6.07) is 12.7. The van der Waals surface area contributed by atoms with E-state index >= 15 is 0 Å². The minimum atomic E-state index is 0.609. The Morgan fingerprint density at radius 1 is 0.656 bits per heavy atom. The molecule has 2 aromatic rings. The zero-order chi connectivity index (χ0) is 23.3. The van der Waals surface area contributed by atoms with Crippen molar-refractivity contribution in [3.63, 3.8) is 0 Å². The molecule has 2 nitrogen and oxygen atoms in total. The number of benzene rings is 2. The molecule has 2 unspecified atom stereocenters. The van der Waals surface area contributed by atoms with Crippen LogP contribution in [0.1, 0.15) is 79.1 Å². The number of hydrogen-bond donors (Lipinski definition) is 0. The molecule has 0 aliphatic carbocycles. The van der Waals surface area contributed by atoms with Crippen LogP contribution in [0.4, 0.5) is 0 Å². The van der Waals surface area contributed by atoms with Gasteiger partial charge in [-0.3, -0.25) is 0 Å². The molecule has 4 heteroatoms. The molecule has 178 valence electrons. The van der Waals surface area contributed by atoms with Crippen LogP contribution in [0.25, 0.3) is 11.1 Å². The van der Waals surface area contributed by atoms with Gasteiger partial charge >= 0.3 is 0 Å². The van der Waals surface area contributed by atoms with Crippen LogP contribution in [0.3, 0.4) is 0 Å². The van der Waals surface area contributed by atoms with Crippen molar-refractivity contribution in [2.24, 2.45) is 11.8 Å². The Bertz CT molecular complexity index is 739. The highest BCUT2D eigenvalue weighted by Crippen LogP contribution is 2.35. The zero-order valence-corrected chi connectivity index (χ0v) is 23.4. The first-order valence-corrected chi connectivity index (χ1v) is 14.0. The van der Waals surface area contributed by atoms with Crippen LogP contribution in [-0.2, 0) is 0 Å². The molecule has 2 atom stereocenters. The average Bonchev–Trinajstić information content (AvgIpc) is 2.81. The molecule has 0 bridgehead atoms. The lowest BCUT2D eigenvalue weighted by molar-refractivity contribution is 0.232. The van der Waals surface area contributed by atoms with Crippen LogP contribution in [0.15, 0.2) is 45.3 Å². The maximum absolute atomic E-state index is 6.25. The lowest BCUT2D eigenvalue weighted by Crippen LogP contribution is -2.11. The Kier molecular flexibility index (Phi) is 12.8. The molecular weight excluding hydrogens is 528 g/mol. The molecular formula is C28H40Br2O2. The Morgan fingerprint density at radius 2 is 1.06 bits per heavy atom. The number of rotatable bonds is 15. The number of hydrogen-bond acceptors (Lipinski definition) is 2. The van der Waals surface area contributed by atoms with Crippen molar-refractivity contribution in [3.05, 3.63) is 45.3 Å². The summed E-state index contributed by atoms with van der Waals surface area (Å²) in [5.74, 6) is 3.04. The third kappa shape index (κ3) is 8.74. The van der Waals surface area contributed by atoms with Crippen molar-refractivity contribution >= 4 is 31.9 Å². The summed E-state index contributed by atoms with van der Waals surface area (Å²) in [5.41, 5.74) is 2.28. The van der Waals surface area contributed by atoms with Crippen LogP contribution in [0.5, 0.6) is 11.5 Å².